The molecule has 0 radical (unpaired) electrons. The first-order valence-corrected chi connectivity index (χ1v) is 4.86. The van der Waals surface area contributed by atoms with E-state index in [0.29, 0.717) is 0 Å². The quantitative estimate of drug-likeness (QED) is 0.765. The molecule has 0 aromatic carbocycles. The molecule has 0 N–H and O–H groups in total. The molecule has 7 heteroatoms. The summed E-state index contributed by atoms with van der Waals surface area (Å²) in [5.41, 5.74) is -0.830. The number of methoxy groups -OCH3 is 2. The van der Waals surface area contributed by atoms with Gasteiger partial charge in [-0.15, -0.1) is 0 Å². The molecule has 0 aliphatic heterocycles. The number of carbonyl (C=O) groups is 1. The number of hydrogen-bond acceptors (Lipinski definition) is 5. The van der Waals surface area contributed by atoms with Crippen molar-refractivity contribution in [2.75, 3.05) is 14.2 Å². The third-order valence-corrected chi connectivity index (χ3v) is 2.26. The molecule has 0 atom stereocenters. The number of hydrogen-bond donors (Lipinski definition) is 0. The van der Waals surface area contributed by atoms with Gasteiger partial charge < -0.3 is 9.47 Å². The average molecular weight is 256 g/mol. The molecule has 0 bridgehead atoms. The van der Waals surface area contributed by atoms with Crippen LogP contribution < -0.4 is 4.74 Å². The Labute approximate surface area is 102 Å². The van der Waals surface area contributed by atoms with Crippen LogP contribution in [0.2, 0.25) is 0 Å². The van der Waals surface area contributed by atoms with Gasteiger partial charge in [0.25, 0.3) is 6.43 Å². The number of rotatable bonds is 4. The number of aromatic nitrogens is 1. The highest BCUT2D eigenvalue weighted by atomic mass is 19.3. The lowest BCUT2D eigenvalue weighted by Crippen LogP contribution is -2.10. The van der Waals surface area contributed by atoms with Crippen molar-refractivity contribution in [2.24, 2.45) is 0 Å². The van der Waals surface area contributed by atoms with Crippen LogP contribution in [0.15, 0.2) is 6.20 Å². The zero-order chi connectivity index (χ0) is 13.7. The fourth-order valence-corrected chi connectivity index (χ4v) is 1.41. The Bertz CT molecular complexity index is 498. The lowest BCUT2D eigenvalue weighted by atomic mass is 10.0. The molecule has 0 saturated carbocycles. The maximum atomic E-state index is 12.7. The van der Waals surface area contributed by atoms with E-state index < -0.39 is 18.0 Å². The van der Waals surface area contributed by atoms with Gasteiger partial charge in [0.15, 0.2) is 0 Å². The first-order chi connectivity index (χ1) is 8.54. The summed E-state index contributed by atoms with van der Waals surface area (Å²) in [4.78, 5) is 14.8. The van der Waals surface area contributed by atoms with Gasteiger partial charge in [-0.05, 0) is 0 Å². The number of nitriles is 1. The van der Waals surface area contributed by atoms with Crippen LogP contribution in [0.1, 0.15) is 23.1 Å². The molecule has 0 spiro atoms. The number of halogens is 2. The van der Waals surface area contributed by atoms with Crippen molar-refractivity contribution in [3.63, 3.8) is 0 Å². The largest absolute Gasteiger partial charge is 0.481 e. The summed E-state index contributed by atoms with van der Waals surface area (Å²) in [7, 11) is 2.43. The van der Waals surface area contributed by atoms with Crippen molar-refractivity contribution >= 4 is 5.97 Å². The minimum absolute atomic E-state index is 0.00431. The summed E-state index contributed by atoms with van der Waals surface area (Å²) in [5, 5.41) is 8.93. The zero-order valence-corrected chi connectivity index (χ0v) is 9.74. The van der Waals surface area contributed by atoms with Gasteiger partial charge in [-0.25, -0.2) is 13.8 Å². The van der Waals surface area contributed by atoms with Crippen LogP contribution in [0.3, 0.4) is 0 Å². The highest BCUT2D eigenvalue weighted by molar-refractivity contribution is 5.74. The first kappa shape index (κ1) is 13.8. The molecule has 0 aliphatic carbocycles. The molecule has 0 saturated heterocycles. The van der Waals surface area contributed by atoms with Crippen molar-refractivity contribution < 1.29 is 23.0 Å². The van der Waals surface area contributed by atoms with E-state index >= 15 is 0 Å². The normalized spacial score (nSPS) is 10.0. The number of alkyl halides is 2. The van der Waals surface area contributed by atoms with E-state index in [2.05, 4.69) is 9.72 Å². The fourth-order valence-electron chi connectivity index (χ4n) is 1.41. The Kier molecular flexibility index (Phi) is 4.54. The van der Waals surface area contributed by atoms with E-state index in [1.54, 1.807) is 6.07 Å². The van der Waals surface area contributed by atoms with E-state index in [9.17, 15) is 13.6 Å². The third-order valence-electron chi connectivity index (χ3n) is 2.26. The van der Waals surface area contributed by atoms with Crippen molar-refractivity contribution in [3.05, 3.63) is 22.9 Å². The first-order valence-electron chi connectivity index (χ1n) is 4.86. The second-order valence-electron chi connectivity index (χ2n) is 3.24. The summed E-state index contributed by atoms with van der Waals surface area (Å²) in [6, 6.07) is 1.64. The molecule has 0 amide bonds. The van der Waals surface area contributed by atoms with Gasteiger partial charge in [0.1, 0.15) is 6.07 Å². The van der Waals surface area contributed by atoms with Crippen LogP contribution >= 0.6 is 0 Å². The molecular weight excluding hydrogens is 246 g/mol. The monoisotopic (exact) mass is 256 g/mol. The third kappa shape index (κ3) is 2.71. The number of esters is 1. The highest BCUT2D eigenvalue weighted by Gasteiger charge is 2.22. The van der Waals surface area contributed by atoms with E-state index in [-0.39, 0.29) is 23.4 Å². The average Bonchev–Trinajstić information content (AvgIpc) is 2.37. The molecule has 1 heterocycles. The van der Waals surface area contributed by atoms with Gasteiger partial charge in [0, 0.05) is 11.8 Å². The summed E-state index contributed by atoms with van der Waals surface area (Å²) < 4.78 is 34.7. The summed E-state index contributed by atoms with van der Waals surface area (Å²) in [5.74, 6) is -0.709. The van der Waals surface area contributed by atoms with Crippen molar-refractivity contribution in [3.8, 4) is 11.9 Å². The Morgan fingerprint density at radius 1 is 1.56 bits per heavy atom. The summed E-state index contributed by atoms with van der Waals surface area (Å²) >= 11 is 0. The molecule has 1 aromatic rings. The lowest BCUT2D eigenvalue weighted by molar-refractivity contribution is -0.139. The Balaban J connectivity index is 3.38. The van der Waals surface area contributed by atoms with Crippen LogP contribution in [-0.2, 0) is 16.0 Å². The van der Waals surface area contributed by atoms with Gasteiger partial charge >= 0.3 is 5.97 Å². The van der Waals surface area contributed by atoms with Gasteiger partial charge in [0.2, 0.25) is 5.88 Å². The minimum atomic E-state index is -2.85. The molecular formula is C11H10F2N2O3. The zero-order valence-electron chi connectivity index (χ0n) is 9.74. The van der Waals surface area contributed by atoms with Crippen LogP contribution in [0.4, 0.5) is 8.78 Å². The smallest absolute Gasteiger partial charge is 0.310 e. The van der Waals surface area contributed by atoms with Gasteiger partial charge in [-0.1, -0.05) is 0 Å². The highest BCUT2D eigenvalue weighted by Crippen LogP contribution is 2.29. The maximum Gasteiger partial charge on any atom is 0.310 e. The molecule has 0 aliphatic rings. The standard InChI is InChI=1S/C11H10F2N2O3/c1-17-9(16)3-6-7(4-14)8(10(12)13)5-15-11(6)18-2/h5,10H,3H2,1-2H3. The number of nitrogens with zero attached hydrogens (tertiary/aromatic N) is 2. The van der Waals surface area contributed by atoms with E-state index in [1.165, 1.54) is 7.11 Å². The Morgan fingerprint density at radius 3 is 2.67 bits per heavy atom. The lowest BCUT2D eigenvalue weighted by Gasteiger charge is -2.11. The van der Waals surface area contributed by atoms with Crippen molar-refractivity contribution in [1.82, 2.24) is 4.98 Å². The van der Waals surface area contributed by atoms with Gasteiger partial charge in [-0.3, -0.25) is 4.79 Å². The molecule has 96 valence electrons. The SMILES string of the molecule is COC(=O)Cc1c(OC)ncc(C(F)F)c1C#N. The Hall–Kier alpha value is -2.23. The molecule has 5 nitrogen and oxygen atoms in total. The van der Waals surface area contributed by atoms with Crippen LogP contribution in [0.5, 0.6) is 5.88 Å². The fraction of sp³-hybridized carbons (Fsp3) is 0.364. The molecule has 0 fully saturated rings. The van der Waals surface area contributed by atoms with E-state index in [0.717, 1.165) is 13.3 Å². The van der Waals surface area contributed by atoms with Gasteiger partial charge in [-0.2, -0.15) is 5.26 Å². The minimum Gasteiger partial charge on any atom is -0.481 e. The van der Waals surface area contributed by atoms with Crippen LogP contribution in [-0.4, -0.2) is 25.2 Å². The van der Waals surface area contributed by atoms with Crippen LogP contribution in [0.25, 0.3) is 0 Å². The summed E-state index contributed by atoms with van der Waals surface area (Å²) in [6.07, 6.45) is -2.34. The number of carbonyl (C=O) groups excluding carboxylic acids is 1. The van der Waals surface area contributed by atoms with Crippen molar-refractivity contribution in [1.29, 1.82) is 5.26 Å². The number of pyridine rings is 1. The Morgan fingerprint density at radius 2 is 2.22 bits per heavy atom. The summed E-state index contributed by atoms with van der Waals surface area (Å²) in [6.45, 7) is 0. The van der Waals surface area contributed by atoms with E-state index in [4.69, 9.17) is 10.00 Å². The second kappa shape index (κ2) is 5.91. The number of ether oxygens (including phenoxy) is 2. The molecule has 18 heavy (non-hydrogen) atoms. The molecule has 0 unspecified atom stereocenters. The van der Waals surface area contributed by atoms with Crippen LogP contribution in [0, 0.1) is 11.3 Å². The topological polar surface area (TPSA) is 72.2 Å². The van der Waals surface area contributed by atoms with E-state index in [1.807, 2.05) is 0 Å². The molecule has 1 rings (SSSR count). The predicted molar refractivity (Wildman–Crippen MR) is 56.2 cm³/mol. The molecule has 1 aromatic heterocycles. The maximum absolute atomic E-state index is 12.7. The van der Waals surface area contributed by atoms with Crippen molar-refractivity contribution in [2.45, 2.75) is 12.8 Å². The van der Waals surface area contributed by atoms with Gasteiger partial charge in [0.05, 0.1) is 31.8 Å². The second-order valence-corrected chi connectivity index (χ2v) is 3.24. The predicted octanol–water partition coefficient (Wildman–Crippen LogP) is 1.61.